The van der Waals surface area contributed by atoms with E-state index in [9.17, 15) is 19.6 Å². The van der Waals surface area contributed by atoms with E-state index in [1.807, 2.05) is 34.7 Å². The zero-order valence-electron chi connectivity index (χ0n) is 31.4. The van der Waals surface area contributed by atoms with Gasteiger partial charge in [-0.2, -0.15) is 5.26 Å². The monoisotopic (exact) mass is 753 g/mol. The summed E-state index contributed by atoms with van der Waals surface area (Å²) in [7, 11) is 5.16. The Hall–Kier alpha value is -4.23. The Labute approximate surface area is 313 Å². The maximum absolute atomic E-state index is 12.8. The van der Waals surface area contributed by atoms with E-state index in [0.29, 0.717) is 76.9 Å². The molecule has 6 rings (SSSR count). The third-order valence-corrected chi connectivity index (χ3v) is 12.0. The highest BCUT2D eigenvalue weighted by atomic mass is 32.2. The van der Waals surface area contributed by atoms with Gasteiger partial charge in [0, 0.05) is 60.5 Å². The first kappa shape index (κ1) is 38.5. The van der Waals surface area contributed by atoms with Crippen LogP contribution in [-0.2, 0) is 35.0 Å². The second-order valence-corrected chi connectivity index (χ2v) is 14.9. The number of aryl methyl sites for hydroxylation is 1. The summed E-state index contributed by atoms with van der Waals surface area (Å²) in [5.41, 5.74) is 4.63. The number of rotatable bonds is 14. The molecule has 14 nitrogen and oxygen atoms in total. The highest BCUT2D eigenvalue weighted by molar-refractivity contribution is 7.99. The van der Waals surface area contributed by atoms with E-state index in [4.69, 9.17) is 37.9 Å². The Bertz CT molecular complexity index is 1800. The van der Waals surface area contributed by atoms with Crippen LogP contribution in [0.1, 0.15) is 84.3 Å². The van der Waals surface area contributed by atoms with Gasteiger partial charge in [-0.1, -0.05) is 13.0 Å². The Kier molecular flexibility index (Phi) is 11.6. The molecule has 0 aromatic heterocycles. The molecule has 0 spiro atoms. The van der Waals surface area contributed by atoms with Crippen LogP contribution in [-0.4, -0.2) is 99.7 Å². The average molecular weight is 754 g/mol. The van der Waals surface area contributed by atoms with Crippen molar-refractivity contribution in [2.75, 3.05) is 47.2 Å². The van der Waals surface area contributed by atoms with Crippen molar-refractivity contribution in [3.05, 3.63) is 39.4 Å². The molecule has 286 valence electrons. The van der Waals surface area contributed by atoms with E-state index in [1.165, 1.54) is 18.7 Å². The number of nitriles is 1. The van der Waals surface area contributed by atoms with Crippen LogP contribution in [0.2, 0.25) is 0 Å². The minimum absolute atomic E-state index is 0.0297. The summed E-state index contributed by atoms with van der Waals surface area (Å²) < 4.78 is 47.3. The van der Waals surface area contributed by atoms with Crippen LogP contribution in [0.4, 0.5) is 0 Å². The molecule has 4 aliphatic rings. The standard InChI is InChI=1S/C38H47N3O11S/c1-9-10-27(44)51-20(3)15-53-38-30-29(37-35(49-18-50-37)21(4)34(30)52-22(5)43)26(14-47-16-42)41-25(13-39)24-12-23-11-19(2)33(46-8)36(48-17-45-7)28(23)31(32(38)41)40(24)6/h11,16,20,24-26,31-32,38H,9-10,12,14-15,17-18H2,1-8H3/t20-,24+,25+,26+,31+,32?,38-/m1/s1. The van der Waals surface area contributed by atoms with Gasteiger partial charge in [0.1, 0.15) is 24.5 Å². The van der Waals surface area contributed by atoms with E-state index in [1.54, 1.807) is 14.2 Å². The predicted molar refractivity (Wildman–Crippen MR) is 192 cm³/mol. The lowest BCUT2D eigenvalue weighted by molar-refractivity contribution is -0.147. The van der Waals surface area contributed by atoms with Gasteiger partial charge in [-0.3, -0.25) is 24.2 Å². The molecule has 15 heteroatoms. The number of likely N-dealkylation sites (N-methyl/N-ethyl adjacent to an activating group) is 1. The maximum Gasteiger partial charge on any atom is 0.308 e. The van der Waals surface area contributed by atoms with Gasteiger partial charge >= 0.3 is 11.9 Å². The SMILES string of the molecule is CCCC(=O)O[C@H](C)CS[C@@H]1c2c(OC(C)=O)c(C)c3c(c2[C@H](COC=O)N2C1[C@@H]1c4c(cc(C)c(OC)c4OCOC)C[C@@H]([C@@H]2C#N)N1C)OCO3. The number of piperazine rings is 1. The average Bonchev–Trinajstić information content (AvgIpc) is 3.61. The minimum Gasteiger partial charge on any atom is -0.493 e. The van der Waals surface area contributed by atoms with Crippen LogP contribution in [0.25, 0.3) is 0 Å². The number of fused-ring (bicyclic) bond motifs is 9. The van der Waals surface area contributed by atoms with E-state index >= 15 is 0 Å². The van der Waals surface area contributed by atoms with Crippen molar-refractivity contribution in [1.29, 1.82) is 5.26 Å². The molecule has 4 heterocycles. The Morgan fingerprint density at radius 2 is 1.89 bits per heavy atom. The highest BCUT2D eigenvalue weighted by Gasteiger charge is 2.60. The van der Waals surface area contributed by atoms with Crippen molar-refractivity contribution in [3.8, 4) is 34.8 Å². The third kappa shape index (κ3) is 6.75. The molecule has 0 saturated carbocycles. The van der Waals surface area contributed by atoms with Crippen LogP contribution >= 0.6 is 11.8 Å². The largest absolute Gasteiger partial charge is 0.493 e. The molecule has 0 aliphatic carbocycles. The fraction of sp³-hybridized carbons (Fsp3) is 0.579. The molecule has 0 N–H and O–H groups in total. The van der Waals surface area contributed by atoms with Crippen molar-refractivity contribution >= 4 is 30.2 Å². The van der Waals surface area contributed by atoms with Gasteiger partial charge < -0.3 is 37.9 Å². The molecule has 1 fully saturated rings. The summed E-state index contributed by atoms with van der Waals surface area (Å²) in [5.74, 6) is 1.84. The van der Waals surface area contributed by atoms with Crippen molar-refractivity contribution < 1.29 is 52.3 Å². The van der Waals surface area contributed by atoms with Crippen molar-refractivity contribution in [3.63, 3.8) is 0 Å². The number of thioether (sulfide) groups is 1. The molecular formula is C38H47N3O11S. The van der Waals surface area contributed by atoms with Gasteiger partial charge in [0.25, 0.3) is 6.47 Å². The first-order valence-corrected chi connectivity index (χ1v) is 18.8. The molecule has 7 atom stereocenters. The zero-order chi connectivity index (χ0) is 38.1. The summed E-state index contributed by atoms with van der Waals surface area (Å²) >= 11 is 1.54. The number of hydrogen-bond acceptors (Lipinski definition) is 15. The van der Waals surface area contributed by atoms with E-state index in [-0.39, 0.29) is 32.2 Å². The lowest BCUT2D eigenvalue weighted by atomic mass is 9.71. The summed E-state index contributed by atoms with van der Waals surface area (Å²) in [6, 6.07) is 2.10. The van der Waals surface area contributed by atoms with Crippen LogP contribution in [0.3, 0.4) is 0 Å². The number of ether oxygens (including phenoxy) is 8. The van der Waals surface area contributed by atoms with Gasteiger partial charge in [-0.05, 0) is 51.8 Å². The van der Waals surface area contributed by atoms with Crippen molar-refractivity contribution in [2.45, 2.75) is 95.4 Å². The number of hydrogen-bond donors (Lipinski definition) is 0. The fourth-order valence-electron chi connectivity index (χ4n) is 8.57. The molecule has 1 unspecified atom stereocenters. The minimum atomic E-state index is -0.706. The third-order valence-electron chi connectivity index (χ3n) is 10.5. The normalized spacial score (nSPS) is 24.5. The van der Waals surface area contributed by atoms with Gasteiger partial charge in [0.2, 0.25) is 6.79 Å². The van der Waals surface area contributed by atoms with E-state index in [0.717, 1.165) is 16.7 Å². The maximum atomic E-state index is 12.8. The Morgan fingerprint density at radius 3 is 2.55 bits per heavy atom. The molecule has 2 aromatic rings. The summed E-state index contributed by atoms with van der Waals surface area (Å²) in [4.78, 5) is 41.7. The van der Waals surface area contributed by atoms with Crippen LogP contribution < -0.4 is 23.7 Å². The van der Waals surface area contributed by atoms with Crippen LogP contribution in [0, 0.1) is 25.2 Å². The summed E-state index contributed by atoms with van der Waals surface area (Å²) in [5, 5.41) is 10.6. The van der Waals surface area contributed by atoms with Crippen LogP contribution in [0.15, 0.2) is 6.07 Å². The summed E-state index contributed by atoms with van der Waals surface area (Å²) in [6.45, 7) is 9.05. The van der Waals surface area contributed by atoms with Crippen molar-refractivity contribution in [1.82, 2.24) is 9.80 Å². The Balaban J connectivity index is 1.66. The number of esters is 2. The molecule has 2 bridgehead atoms. The smallest absolute Gasteiger partial charge is 0.308 e. The van der Waals surface area contributed by atoms with E-state index < -0.39 is 41.5 Å². The number of nitrogens with zero attached hydrogens (tertiary/aromatic N) is 3. The second kappa shape index (κ2) is 16.0. The predicted octanol–water partition coefficient (Wildman–Crippen LogP) is 4.86. The molecule has 0 amide bonds. The molecular weight excluding hydrogens is 706 g/mol. The molecule has 4 aliphatic heterocycles. The van der Waals surface area contributed by atoms with Crippen LogP contribution in [0.5, 0.6) is 28.7 Å². The van der Waals surface area contributed by atoms with Gasteiger partial charge in [0.05, 0.1) is 30.5 Å². The van der Waals surface area contributed by atoms with Crippen molar-refractivity contribution in [2.24, 2.45) is 0 Å². The topological polar surface area (TPSA) is 155 Å². The second-order valence-electron chi connectivity index (χ2n) is 13.8. The lowest BCUT2D eigenvalue weighted by Gasteiger charge is -2.61. The first-order chi connectivity index (χ1) is 25.5. The number of carbonyl (C=O) groups excluding carboxylic acids is 3. The fourth-order valence-corrected chi connectivity index (χ4v) is 10.00. The van der Waals surface area contributed by atoms with Gasteiger partial charge in [-0.25, -0.2) is 0 Å². The first-order valence-electron chi connectivity index (χ1n) is 17.7. The quantitative estimate of drug-likeness (QED) is 0.112. The molecule has 1 saturated heterocycles. The number of benzene rings is 2. The van der Waals surface area contributed by atoms with E-state index in [2.05, 4.69) is 21.9 Å². The van der Waals surface area contributed by atoms with Gasteiger partial charge in [-0.15, -0.1) is 11.8 Å². The number of methoxy groups -OCH3 is 2. The van der Waals surface area contributed by atoms with Gasteiger partial charge in [0.15, 0.2) is 29.8 Å². The summed E-state index contributed by atoms with van der Waals surface area (Å²) in [6.07, 6.45) is 1.02. The molecule has 0 radical (unpaired) electrons. The lowest BCUT2D eigenvalue weighted by Crippen LogP contribution is -2.69. The Morgan fingerprint density at radius 1 is 1.13 bits per heavy atom. The highest BCUT2D eigenvalue weighted by Crippen LogP contribution is 2.64. The zero-order valence-corrected chi connectivity index (χ0v) is 32.2. The number of carbonyl (C=O) groups is 3. The molecule has 2 aromatic carbocycles. The molecule has 53 heavy (non-hydrogen) atoms.